The Morgan fingerprint density at radius 1 is 1.06 bits per heavy atom. The smallest absolute Gasteiger partial charge is 0.236 e. The molecule has 170 valence electrons. The quantitative estimate of drug-likeness (QED) is 0.758. The van der Waals surface area contributed by atoms with E-state index in [2.05, 4.69) is 4.90 Å². The number of carbonyl (C=O) groups excluding carboxylic acids is 2. The fourth-order valence-electron chi connectivity index (χ4n) is 5.07. The number of aliphatic hydroxyl groups excluding tert-OH is 1. The molecule has 2 aromatic carbocycles. The topological polar surface area (TPSA) is 64.1 Å². The minimum atomic E-state index is -0.725. The van der Waals surface area contributed by atoms with Crippen LogP contribution in [0.15, 0.2) is 60.7 Å². The maximum atomic E-state index is 13.8. The standard InChI is InChI=1S/C26H33N3O3/c1-27(2)23(30)19-28-15-13-26(14-16-28)17-22(24(31)21-11-7-4-8-12-21)29(25(26)32)18-20-9-5-3-6-10-20/h3-12,22,24,31H,13-19H2,1-2H3/t22-,24+/m0/s1. The third-order valence-corrected chi connectivity index (χ3v) is 7.09. The molecule has 2 aromatic rings. The number of carbonyl (C=O) groups is 2. The molecule has 6 nitrogen and oxygen atoms in total. The summed E-state index contributed by atoms with van der Waals surface area (Å²) in [7, 11) is 3.54. The molecular weight excluding hydrogens is 402 g/mol. The predicted octanol–water partition coefficient (Wildman–Crippen LogP) is 2.69. The molecule has 2 amide bonds. The van der Waals surface area contributed by atoms with Crippen LogP contribution in [0, 0.1) is 5.41 Å². The van der Waals surface area contributed by atoms with Crippen molar-refractivity contribution in [2.75, 3.05) is 33.7 Å². The van der Waals surface area contributed by atoms with Crippen molar-refractivity contribution in [2.45, 2.75) is 38.0 Å². The molecule has 2 aliphatic heterocycles. The SMILES string of the molecule is CN(C)C(=O)CN1CCC2(CC1)C[C@@H]([C@H](O)c1ccccc1)N(Cc1ccccc1)C2=O. The molecule has 1 spiro atoms. The molecule has 2 heterocycles. The Balaban J connectivity index is 1.55. The third kappa shape index (κ3) is 4.57. The number of amides is 2. The van der Waals surface area contributed by atoms with Crippen molar-refractivity contribution in [1.82, 2.24) is 14.7 Å². The summed E-state index contributed by atoms with van der Waals surface area (Å²) < 4.78 is 0. The van der Waals surface area contributed by atoms with E-state index in [0.717, 1.165) is 37.1 Å². The molecule has 0 radical (unpaired) electrons. The van der Waals surface area contributed by atoms with Crippen LogP contribution in [0.3, 0.4) is 0 Å². The normalized spacial score (nSPS) is 21.7. The Hall–Kier alpha value is -2.70. The number of hydrogen-bond donors (Lipinski definition) is 1. The second-order valence-corrected chi connectivity index (χ2v) is 9.39. The summed E-state index contributed by atoms with van der Waals surface area (Å²) in [5.74, 6) is 0.224. The molecular formula is C26H33N3O3. The van der Waals surface area contributed by atoms with Gasteiger partial charge in [-0.1, -0.05) is 60.7 Å². The average molecular weight is 436 g/mol. The zero-order valence-corrected chi connectivity index (χ0v) is 19.0. The van der Waals surface area contributed by atoms with Gasteiger partial charge in [0.05, 0.1) is 24.1 Å². The van der Waals surface area contributed by atoms with Crippen LogP contribution in [0.4, 0.5) is 0 Å². The van der Waals surface area contributed by atoms with Gasteiger partial charge >= 0.3 is 0 Å². The largest absolute Gasteiger partial charge is 0.386 e. The van der Waals surface area contributed by atoms with Gasteiger partial charge < -0.3 is 14.9 Å². The zero-order valence-electron chi connectivity index (χ0n) is 19.0. The maximum absolute atomic E-state index is 13.8. The van der Waals surface area contributed by atoms with E-state index in [4.69, 9.17) is 0 Å². The summed E-state index contributed by atoms with van der Waals surface area (Å²) in [6.45, 7) is 2.33. The number of nitrogens with zero attached hydrogens (tertiary/aromatic N) is 3. The summed E-state index contributed by atoms with van der Waals surface area (Å²) in [6.07, 6.45) is 1.35. The highest BCUT2D eigenvalue weighted by molar-refractivity contribution is 5.86. The lowest BCUT2D eigenvalue weighted by molar-refractivity contribution is -0.140. The number of hydrogen-bond acceptors (Lipinski definition) is 4. The van der Waals surface area contributed by atoms with E-state index in [1.54, 1.807) is 19.0 Å². The van der Waals surface area contributed by atoms with Crippen molar-refractivity contribution >= 4 is 11.8 Å². The Labute approximate surface area is 190 Å². The van der Waals surface area contributed by atoms with Gasteiger partial charge in [-0.05, 0) is 43.5 Å². The van der Waals surface area contributed by atoms with Crippen LogP contribution in [0.1, 0.15) is 36.5 Å². The van der Waals surface area contributed by atoms with Crippen molar-refractivity contribution in [3.8, 4) is 0 Å². The number of likely N-dealkylation sites (N-methyl/N-ethyl adjacent to an activating group) is 1. The Kier molecular flexibility index (Phi) is 6.63. The van der Waals surface area contributed by atoms with Crippen molar-refractivity contribution in [1.29, 1.82) is 0 Å². The molecule has 0 unspecified atom stereocenters. The Morgan fingerprint density at radius 3 is 2.25 bits per heavy atom. The van der Waals surface area contributed by atoms with Gasteiger partial charge in [-0.2, -0.15) is 0 Å². The van der Waals surface area contributed by atoms with Gasteiger partial charge in [0.2, 0.25) is 11.8 Å². The van der Waals surface area contributed by atoms with Crippen LogP contribution in [-0.2, 0) is 16.1 Å². The molecule has 0 bridgehead atoms. The molecule has 2 saturated heterocycles. The van der Waals surface area contributed by atoms with Gasteiger partial charge in [0.1, 0.15) is 0 Å². The monoisotopic (exact) mass is 435 g/mol. The lowest BCUT2D eigenvalue weighted by Gasteiger charge is -2.37. The van der Waals surface area contributed by atoms with Gasteiger partial charge in [0.15, 0.2) is 0 Å². The number of piperidine rings is 1. The summed E-state index contributed by atoms with van der Waals surface area (Å²) in [5.41, 5.74) is 1.44. The first-order chi connectivity index (χ1) is 15.4. The van der Waals surface area contributed by atoms with Crippen molar-refractivity contribution < 1.29 is 14.7 Å². The van der Waals surface area contributed by atoms with Crippen molar-refractivity contribution in [3.63, 3.8) is 0 Å². The van der Waals surface area contributed by atoms with E-state index in [0.29, 0.717) is 19.5 Å². The van der Waals surface area contributed by atoms with Crippen LogP contribution in [-0.4, -0.2) is 71.4 Å². The molecule has 2 aliphatic rings. The third-order valence-electron chi connectivity index (χ3n) is 7.09. The summed E-state index contributed by atoms with van der Waals surface area (Å²) >= 11 is 0. The van der Waals surface area contributed by atoms with E-state index in [-0.39, 0.29) is 17.9 Å². The highest BCUT2D eigenvalue weighted by atomic mass is 16.3. The highest BCUT2D eigenvalue weighted by Crippen LogP contribution is 2.48. The lowest BCUT2D eigenvalue weighted by Crippen LogP contribution is -2.47. The Bertz CT molecular complexity index is 924. The van der Waals surface area contributed by atoms with Crippen LogP contribution in [0.2, 0.25) is 0 Å². The number of rotatable bonds is 6. The molecule has 0 saturated carbocycles. The van der Waals surface area contributed by atoms with Gasteiger partial charge in [-0.25, -0.2) is 0 Å². The molecule has 6 heteroatoms. The van der Waals surface area contributed by atoms with Crippen molar-refractivity contribution in [2.24, 2.45) is 5.41 Å². The first-order valence-electron chi connectivity index (χ1n) is 11.4. The first kappa shape index (κ1) is 22.5. The zero-order chi connectivity index (χ0) is 22.7. The van der Waals surface area contributed by atoms with Gasteiger partial charge in [0, 0.05) is 20.6 Å². The number of aliphatic hydroxyl groups is 1. The average Bonchev–Trinajstić information content (AvgIpc) is 3.07. The van der Waals surface area contributed by atoms with Gasteiger partial charge in [-0.15, -0.1) is 0 Å². The van der Waals surface area contributed by atoms with Crippen LogP contribution in [0.25, 0.3) is 0 Å². The second kappa shape index (κ2) is 9.43. The molecule has 0 aliphatic carbocycles. The van der Waals surface area contributed by atoms with Gasteiger partial charge in [-0.3, -0.25) is 14.5 Å². The molecule has 2 atom stereocenters. The molecule has 4 rings (SSSR count). The lowest BCUT2D eigenvalue weighted by atomic mass is 9.75. The first-order valence-corrected chi connectivity index (χ1v) is 11.4. The van der Waals surface area contributed by atoms with E-state index < -0.39 is 11.5 Å². The van der Waals surface area contributed by atoms with E-state index in [1.165, 1.54) is 0 Å². The minimum Gasteiger partial charge on any atom is -0.386 e. The summed E-state index contributed by atoms with van der Waals surface area (Å²) in [5, 5.41) is 11.3. The molecule has 32 heavy (non-hydrogen) atoms. The summed E-state index contributed by atoms with van der Waals surface area (Å²) in [6, 6.07) is 19.4. The van der Waals surface area contributed by atoms with E-state index in [1.807, 2.05) is 65.6 Å². The fourth-order valence-corrected chi connectivity index (χ4v) is 5.07. The number of likely N-dealkylation sites (tertiary alicyclic amines) is 2. The van der Waals surface area contributed by atoms with Crippen LogP contribution < -0.4 is 0 Å². The molecule has 1 N–H and O–H groups in total. The van der Waals surface area contributed by atoms with Crippen LogP contribution >= 0.6 is 0 Å². The fraction of sp³-hybridized carbons (Fsp3) is 0.462. The molecule has 2 fully saturated rings. The molecule has 0 aromatic heterocycles. The Morgan fingerprint density at radius 2 is 1.66 bits per heavy atom. The van der Waals surface area contributed by atoms with Crippen molar-refractivity contribution in [3.05, 3.63) is 71.8 Å². The van der Waals surface area contributed by atoms with E-state index >= 15 is 0 Å². The van der Waals surface area contributed by atoms with Crippen LogP contribution in [0.5, 0.6) is 0 Å². The maximum Gasteiger partial charge on any atom is 0.236 e. The van der Waals surface area contributed by atoms with E-state index in [9.17, 15) is 14.7 Å². The second-order valence-electron chi connectivity index (χ2n) is 9.39. The minimum absolute atomic E-state index is 0.0850. The predicted molar refractivity (Wildman–Crippen MR) is 124 cm³/mol. The van der Waals surface area contributed by atoms with Gasteiger partial charge in [0.25, 0.3) is 0 Å². The summed E-state index contributed by atoms with van der Waals surface area (Å²) in [4.78, 5) is 31.6. The number of benzene rings is 2. The highest BCUT2D eigenvalue weighted by Gasteiger charge is 2.54.